The van der Waals surface area contributed by atoms with Gasteiger partial charge in [-0.15, -0.1) is 0 Å². The summed E-state index contributed by atoms with van der Waals surface area (Å²) in [5.41, 5.74) is 3.90. The molecule has 172 valence electrons. The molecule has 0 saturated carbocycles. The molecule has 0 aliphatic carbocycles. The zero-order valence-corrected chi connectivity index (χ0v) is 17.9. The molecule has 0 fully saturated rings. The fourth-order valence-electron chi connectivity index (χ4n) is 3.50. The molecule has 0 spiro atoms. The summed E-state index contributed by atoms with van der Waals surface area (Å²) in [6.07, 6.45) is -3.66. The smallest absolute Gasteiger partial charge is 0.382 e. The lowest BCUT2D eigenvalue weighted by Crippen LogP contribution is -2.36. The summed E-state index contributed by atoms with van der Waals surface area (Å²) in [7, 11) is 0. The summed E-state index contributed by atoms with van der Waals surface area (Å²) >= 11 is 0. The molecule has 1 atom stereocenters. The maximum absolute atomic E-state index is 14.6. The van der Waals surface area contributed by atoms with Crippen LogP contribution in [0.3, 0.4) is 0 Å². The van der Waals surface area contributed by atoms with Gasteiger partial charge in [0.25, 0.3) is 0 Å². The monoisotopic (exact) mass is 453 g/mol. The Morgan fingerprint density at radius 2 is 1.94 bits per heavy atom. The lowest BCUT2D eigenvalue weighted by Gasteiger charge is -2.28. The van der Waals surface area contributed by atoms with Gasteiger partial charge in [0.05, 0.1) is 35.2 Å². The van der Waals surface area contributed by atoms with Gasteiger partial charge in [-0.05, 0) is 52.0 Å². The van der Waals surface area contributed by atoms with Gasteiger partial charge in [0.2, 0.25) is 6.41 Å². The fourth-order valence-corrected chi connectivity index (χ4v) is 3.50. The second-order valence-electron chi connectivity index (χ2n) is 8.31. The van der Waals surface area contributed by atoms with E-state index in [1.165, 1.54) is 12.1 Å². The highest BCUT2D eigenvalue weighted by Gasteiger charge is 2.36. The number of aromatic nitrogens is 3. The molecule has 1 aromatic carbocycles. The second-order valence-corrected chi connectivity index (χ2v) is 8.31. The first-order chi connectivity index (χ1) is 14.8. The molecule has 7 nitrogen and oxygen atoms in total. The number of fused-ring (bicyclic) bond motifs is 1. The average Bonchev–Trinajstić information content (AvgIpc) is 3.07. The van der Waals surface area contributed by atoms with Crippen LogP contribution in [-0.4, -0.2) is 39.3 Å². The topological polar surface area (TPSA) is 85.8 Å². The van der Waals surface area contributed by atoms with Crippen molar-refractivity contribution in [2.45, 2.75) is 45.6 Å². The highest BCUT2D eigenvalue weighted by molar-refractivity contribution is 5.82. The van der Waals surface area contributed by atoms with E-state index in [0.29, 0.717) is 6.41 Å². The number of hydrogen-bond acceptors (Lipinski definition) is 5. The summed E-state index contributed by atoms with van der Waals surface area (Å²) in [6.45, 7) is 7.32. The van der Waals surface area contributed by atoms with Gasteiger partial charge in [-0.1, -0.05) is 0 Å². The summed E-state index contributed by atoms with van der Waals surface area (Å²) in [6, 6.07) is 4.53. The Hall–Kier alpha value is -3.21. The van der Waals surface area contributed by atoms with Crippen LogP contribution in [0.15, 0.2) is 30.6 Å². The molecular weight excluding hydrogens is 430 g/mol. The van der Waals surface area contributed by atoms with Gasteiger partial charge in [-0.2, -0.15) is 18.3 Å². The van der Waals surface area contributed by atoms with E-state index in [0.717, 1.165) is 27.9 Å². The molecule has 0 radical (unpaired) electrons. The molecule has 32 heavy (non-hydrogen) atoms. The SMILES string of the molecule is C[C@@H](CN(C=O)c1cc(-c2cc(C(F)(F)F)c3c(N)ncnn23)ccc1F)OC(C)(C)C. The van der Waals surface area contributed by atoms with E-state index in [-0.39, 0.29) is 29.3 Å². The summed E-state index contributed by atoms with van der Waals surface area (Å²) in [5, 5.41) is 3.89. The molecule has 0 aliphatic rings. The van der Waals surface area contributed by atoms with Crippen molar-refractivity contribution in [3.8, 4) is 11.3 Å². The number of benzene rings is 1. The highest BCUT2D eigenvalue weighted by atomic mass is 19.4. The van der Waals surface area contributed by atoms with Crippen molar-refractivity contribution in [3.05, 3.63) is 42.0 Å². The standard InChI is InChI=1S/C21H23F4N5O2/c1-12(32-20(2,3)4)9-29(11-31)17-7-13(5-6-15(17)22)16-8-14(21(23,24)25)18-19(26)27-10-28-30(16)18/h5-8,10-12H,9H2,1-4H3,(H2,26,27,28)/t12-/m0/s1. The number of ether oxygens (including phenoxy) is 1. The third-order valence-corrected chi connectivity index (χ3v) is 4.58. The Balaban J connectivity index is 2.09. The van der Waals surface area contributed by atoms with Crippen molar-refractivity contribution < 1.29 is 27.1 Å². The number of alkyl halides is 3. The predicted octanol–water partition coefficient (Wildman–Crippen LogP) is 4.30. The first kappa shape index (κ1) is 23.5. The first-order valence-electron chi connectivity index (χ1n) is 9.71. The summed E-state index contributed by atoms with van der Waals surface area (Å²) in [5.74, 6) is -1.06. The van der Waals surface area contributed by atoms with E-state index in [4.69, 9.17) is 10.5 Å². The number of anilines is 2. The maximum atomic E-state index is 14.6. The van der Waals surface area contributed by atoms with E-state index < -0.39 is 34.8 Å². The van der Waals surface area contributed by atoms with Crippen LogP contribution in [0, 0.1) is 5.82 Å². The van der Waals surface area contributed by atoms with E-state index in [2.05, 4.69) is 10.1 Å². The summed E-state index contributed by atoms with van der Waals surface area (Å²) in [4.78, 5) is 16.5. The van der Waals surface area contributed by atoms with Gasteiger partial charge in [-0.25, -0.2) is 13.9 Å². The number of nitrogens with two attached hydrogens (primary N) is 1. The molecule has 3 rings (SSSR count). The number of carbonyl (C=O) groups excluding carboxylic acids is 1. The lowest BCUT2D eigenvalue weighted by atomic mass is 10.1. The molecule has 11 heteroatoms. The normalized spacial score (nSPS) is 13.4. The van der Waals surface area contributed by atoms with Crippen LogP contribution in [0.1, 0.15) is 33.3 Å². The van der Waals surface area contributed by atoms with Crippen LogP contribution in [0.5, 0.6) is 0 Å². The van der Waals surface area contributed by atoms with Gasteiger partial charge in [0, 0.05) is 5.56 Å². The molecule has 1 amide bonds. The molecule has 2 heterocycles. The van der Waals surface area contributed by atoms with Crippen molar-refractivity contribution in [3.63, 3.8) is 0 Å². The Bertz CT molecular complexity index is 1140. The molecular formula is C21H23F4N5O2. The maximum Gasteiger partial charge on any atom is 0.418 e. The largest absolute Gasteiger partial charge is 0.418 e. The van der Waals surface area contributed by atoms with Gasteiger partial charge in [0.1, 0.15) is 17.7 Å². The number of nitrogens with zero attached hydrogens (tertiary/aromatic N) is 4. The first-order valence-corrected chi connectivity index (χ1v) is 9.71. The molecule has 0 saturated heterocycles. The Morgan fingerprint density at radius 1 is 1.25 bits per heavy atom. The Morgan fingerprint density at radius 3 is 2.53 bits per heavy atom. The molecule has 0 unspecified atom stereocenters. The number of amides is 1. The number of carbonyl (C=O) groups is 1. The van der Waals surface area contributed by atoms with Crippen molar-refractivity contribution in [2.75, 3.05) is 17.2 Å². The van der Waals surface area contributed by atoms with Gasteiger partial charge in [-0.3, -0.25) is 4.79 Å². The van der Waals surface area contributed by atoms with E-state index in [9.17, 15) is 22.4 Å². The average molecular weight is 453 g/mol. The Labute approximate surface area is 181 Å². The highest BCUT2D eigenvalue weighted by Crippen LogP contribution is 2.39. The van der Waals surface area contributed by atoms with Gasteiger partial charge in [0.15, 0.2) is 5.82 Å². The molecule has 2 N–H and O–H groups in total. The fraction of sp³-hybridized carbons (Fsp3) is 0.381. The third-order valence-electron chi connectivity index (χ3n) is 4.58. The lowest BCUT2D eigenvalue weighted by molar-refractivity contribution is -0.136. The zero-order valence-electron chi connectivity index (χ0n) is 17.9. The second kappa shape index (κ2) is 8.38. The van der Waals surface area contributed by atoms with E-state index >= 15 is 0 Å². The zero-order chi connectivity index (χ0) is 23.8. The van der Waals surface area contributed by atoms with Crippen molar-refractivity contribution >= 4 is 23.4 Å². The van der Waals surface area contributed by atoms with Crippen LogP contribution in [0.4, 0.5) is 29.1 Å². The minimum Gasteiger partial charge on any atom is -0.382 e. The third kappa shape index (κ3) is 4.82. The molecule has 0 bridgehead atoms. The van der Waals surface area contributed by atoms with E-state index in [1.807, 2.05) is 20.8 Å². The van der Waals surface area contributed by atoms with Crippen molar-refractivity contribution in [1.29, 1.82) is 0 Å². The van der Waals surface area contributed by atoms with Gasteiger partial charge >= 0.3 is 6.18 Å². The van der Waals surface area contributed by atoms with Crippen LogP contribution in [-0.2, 0) is 15.7 Å². The van der Waals surface area contributed by atoms with Crippen molar-refractivity contribution in [2.24, 2.45) is 0 Å². The molecule has 0 aliphatic heterocycles. The molecule has 3 aromatic rings. The Kier molecular flexibility index (Phi) is 6.14. The number of halogens is 4. The number of hydrogen-bond donors (Lipinski definition) is 1. The van der Waals surface area contributed by atoms with Crippen molar-refractivity contribution in [1.82, 2.24) is 14.6 Å². The number of nitrogen functional groups attached to an aromatic ring is 1. The van der Waals surface area contributed by atoms with Crippen LogP contribution < -0.4 is 10.6 Å². The van der Waals surface area contributed by atoms with Crippen LogP contribution in [0.2, 0.25) is 0 Å². The molecule has 2 aromatic heterocycles. The van der Waals surface area contributed by atoms with Crippen LogP contribution in [0.25, 0.3) is 16.8 Å². The summed E-state index contributed by atoms with van der Waals surface area (Å²) < 4.78 is 62.1. The van der Waals surface area contributed by atoms with Crippen LogP contribution >= 0.6 is 0 Å². The van der Waals surface area contributed by atoms with E-state index in [1.54, 1.807) is 6.92 Å². The quantitative estimate of drug-likeness (QED) is 0.444. The van der Waals surface area contributed by atoms with Gasteiger partial charge < -0.3 is 15.4 Å². The minimum atomic E-state index is -4.71. The number of rotatable bonds is 6. The predicted molar refractivity (Wildman–Crippen MR) is 112 cm³/mol. The minimum absolute atomic E-state index is 0.0208.